The Kier molecular flexibility index (Phi) is 2.83. The molecule has 0 atom stereocenters. The van der Waals surface area contributed by atoms with Gasteiger partial charge in [0.2, 0.25) is 0 Å². The second-order valence-corrected chi connectivity index (χ2v) is 4.31. The number of aromatic amines is 1. The number of imidazole rings is 1. The van der Waals surface area contributed by atoms with Gasteiger partial charge in [0.25, 0.3) is 0 Å². The van der Waals surface area contributed by atoms with Crippen LogP contribution in [0.15, 0.2) is 24.8 Å². The van der Waals surface area contributed by atoms with Crippen molar-refractivity contribution in [2.75, 3.05) is 6.54 Å². The monoisotopic (exact) mass is 229 g/mol. The van der Waals surface area contributed by atoms with Gasteiger partial charge in [-0.3, -0.25) is 9.97 Å². The number of hydrogen-bond donors (Lipinski definition) is 2. The fraction of sp³-hybridized carbons (Fsp3) is 0.417. The van der Waals surface area contributed by atoms with Crippen molar-refractivity contribution in [3.05, 3.63) is 30.6 Å². The van der Waals surface area contributed by atoms with E-state index in [2.05, 4.69) is 25.3 Å². The Morgan fingerprint density at radius 3 is 2.94 bits per heavy atom. The minimum absolute atomic E-state index is 0.754. The molecule has 2 N–H and O–H groups in total. The summed E-state index contributed by atoms with van der Waals surface area (Å²) in [6, 6.07) is 0.754. The van der Waals surface area contributed by atoms with E-state index in [9.17, 15) is 0 Å². The fourth-order valence-corrected chi connectivity index (χ4v) is 1.74. The van der Waals surface area contributed by atoms with Crippen molar-refractivity contribution in [3.63, 3.8) is 0 Å². The first-order chi connectivity index (χ1) is 8.42. The first-order valence-electron chi connectivity index (χ1n) is 5.95. The van der Waals surface area contributed by atoms with E-state index < -0.39 is 0 Å². The molecule has 0 unspecified atom stereocenters. The van der Waals surface area contributed by atoms with Crippen molar-refractivity contribution in [3.8, 4) is 11.4 Å². The molecule has 0 aromatic carbocycles. The van der Waals surface area contributed by atoms with Gasteiger partial charge in [0.1, 0.15) is 11.5 Å². The van der Waals surface area contributed by atoms with E-state index in [1.54, 1.807) is 18.6 Å². The SMILES string of the molecule is c1cnc(-c2cnc(CCNC3CC3)[nH]2)cn1. The molecular formula is C12H15N5. The van der Waals surface area contributed by atoms with E-state index in [1.165, 1.54) is 12.8 Å². The third kappa shape index (κ3) is 2.68. The summed E-state index contributed by atoms with van der Waals surface area (Å²) in [4.78, 5) is 15.9. The lowest BCUT2D eigenvalue weighted by molar-refractivity contribution is 0.669. The summed E-state index contributed by atoms with van der Waals surface area (Å²) in [7, 11) is 0. The van der Waals surface area contributed by atoms with Crippen molar-refractivity contribution < 1.29 is 0 Å². The Morgan fingerprint density at radius 2 is 2.18 bits per heavy atom. The summed E-state index contributed by atoms with van der Waals surface area (Å²) in [5, 5.41) is 3.47. The van der Waals surface area contributed by atoms with E-state index in [1.807, 2.05) is 6.20 Å². The number of hydrogen-bond acceptors (Lipinski definition) is 4. The Morgan fingerprint density at radius 1 is 1.24 bits per heavy atom. The molecule has 17 heavy (non-hydrogen) atoms. The smallest absolute Gasteiger partial charge is 0.107 e. The van der Waals surface area contributed by atoms with Crippen molar-refractivity contribution in [1.29, 1.82) is 0 Å². The molecule has 0 aliphatic heterocycles. The molecule has 1 fully saturated rings. The Hall–Kier alpha value is -1.75. The molecule has 3 rings (SSSR count). The molecular weight excluding hydrogens is 214 g/mol. The average molecular weight is 229 g/mol. The Bertz CT molecular complexity index is 475. The first-order valence-corrected chi connectivity index (χ1v) is 5.95. The summed E-state index contributed by atoms with van der Waals surface area (Å²) in [5.74, 6) is 0.999. The van der Waals surface area contributed by atoms with Crippen molar-refractivity contribution >= 4 is 0 Å². The van der Waals surface area contributed by atoms with Crippen LogP contribution in [-0.2, 0) is 6.42 Å². The van der Waals surface area contributed by atoms with Gasteiger partial charge in [-0.25, -0.2) is 4.98 Å². The molecule has 5 heteroatoms. The van der Waals surface area contributed by atoms with Crippen LogP contribution in [0.3, 0.4) is 0 Å². The summed E-state index contributed by atoms with van der Waals surface area (Å²) in [5.41, 5.74) is 1.76. The maximum absolute atomic E-state index is 4.35. The van der Waals surface area contributed by atoms with Crippen molar-refractivity contribution in [2.24, 2.45) is 0 Å². The van der Waals surface area contributed by atoms with Crippen LogP contribution in [0.25, 0.3) is 11.4 Å². The lowest BCUT2D eigenvalue weighted by Crippen LogP contribution is -2.19. The molecule has 0 radical (unpaired) electrons. The van der Waals surface area contributed by atoms with Gasteiger partial charge in [-0.15, -0.1) is 0 Å². The Balaban J connectivity index is 1.61. The van der Waals surface area contributed by atoms with E-state index in [0.717, 1.165) is 36.2 Å². The summed E-state index contributed by atoms with van der Waals surface area (Å²) in [6.07, 6.45) is 10.5. The quantitative estimate of drug-likeness (QED) is 0.807. The standard InChI is InChI=1S/C12H15N5/c1-2-9(1)14-4-3-12-16-8-11(17-12)10-7-13-5-6-15-10/h5-9,14H,1-4H2,(H,16,17). The molecule has 1 saturated carbocycles. The summed E-state index contributed by atoms with van der Waals surface area (Å²) < 4.78 is 0. The Labute approximate surface area is 99.7 Å². The maximum atomic E-state index is 4.35. The molecule has 2 heterocycles. The first kappa shape index (κ1) is 10.4. The van der Waals surface area contributed by atoms with Crippen LogP contribution in [0.2, 0.25) is 0 Å². The van der Waals surface area contributed by atoms with E-state index in [0.29, 0.717) is 0 Å². The van der Waals surface area contributed by atoms with Crippen LogP contribution in [0.5, 0.6) is 0 Å². The van der Waals surface area contributed by atoms with E-state index >= 15 is 0 Å². The molecule has 1 aliphatic rings. The highest BCUT2D eigenvalue weighted by atomic mass is 15.0. The van der Waals surface area contributed by atoms with Gasteiger partial charge < -0.3 is 10.3 Å². The third-order valence-corrected chi connectivity index (χ3v) is 2.84. The van der Waals surface area contributed by atoms with Gasteiger partial charge in [0, 0.05) is 31.4 Å². The lowest BCUT2D eigenvalue weighted by atomic mass is 10.3. The highest BCUT2D eigenvalue weighted by molar-refractivity contribution is 5.51. The second kappa shape index (κ2) is 4.63. The van der Waals surface area contributed by atoms with Crippen LogP contribution in [0, 0.1) is 0 Å². The molecule has 88 valence electrons. The van der Waals surface area contributed by atoms with Crippen LogP contribution < -0.4 is 5.32 Å². The van der Waals surface area contributed by atoms with Gasteiger partial charge in [0.15, 0.2) is 0 Å². The van der Waals surface area contributed by atoms with E-state index in [4.69, 9.17) is 0 Å². The molecule has 2 aromatic heterocycles. The number of nitrogens with zero attached hydrogens (tertiary/aromatic N) is 3. The average Bonchev–Trinajstić information content (AvgIpc) is 3.07. The van der Waals surface area contributed by atoms with Crippen molar-refractivity contribution in [1.82, 2.24) is 25.3 Å². The highest BCUT2D eigenvalue weighted by Gasteiger charge is 2.19. The molecule has 5 nitrogen and oxygen atoms in total. The summed E-state index contributed by atoms with van der Waals surface area (Å²) in [6.45, 7) is 0.984. The predicted octanol–water partition coefficient (Wildman–Crippen LogP) is 1.16. The van der Waals surface area contributed by atoms with Crippen LogP contribution in [0.4, 0.5) is 0 Å². The fourth-order valence-electron chi connectivity index (χ4n) is 1.74. The minimum Gasteiger partial charge on any atom is -0.341 e. The van der Waals surface area contributed by atoms with Gasteiger partial charge in [-0.1, -0.05) is 0 Å². The van der Waals surface area contributed by atoms with Gasteiger partial charge in [-0.2, -0.15) is 0 Å². The zero-order valence-electron chi connectivity index (χ0n) is 9.56. The lowest BCUT2D eigenvalue weighted by Gasteiger charge is -1.99. The molecule has 2 aromatic rings. The summed E-state index contributed by atoms with van der Waals surface area (Å²) >= 11 is 0. The largest absolute Gasteiger partial charge is 0.341 e. The van der Waals surface area contributed by atoms with E-state index in [-0.39, 0.29) is 0 Å². The number of nitrogens with one attached hydrogen (secondary N) is 2. The second-order valence-electron chi connectivity index (χ2n) is 4.31. The topological polar surface area (TPSA) is 66.5 Å². The van der Waals surface area contributed by atoms with Crippen LogP contribution >= 0.6 is 0 Å². The molecule has 0 amide bonds. The maximum Gasteiger partial charge on any atom is 0.107 e. The van der Waals surface area contributed by atoms with Gasteiger partial charge >= 0.3 is 0 Å². The highest BCUT2D eigenvalue weighted by Crippen LogP contribution is 2.18. The third-order valence-electron chi connectivity index (χ3n) is 2.84. The minimum atomic E-state index is 0.754. The normalized spacial score (nSPS) is 15.1. The van der Waals surface area contributed by atoms with Crippen molar-refractivity contribution in [2.45, 2.75) is 25.3 Å². The number of H-pyrrole nitrogens is 1. The van der Waals surface area contributed by atoms with Crippen LogP contribution in [0.1, 0.15) is 18.7 Å². The predicted molar refractivity (Wildman–Crippen MR) is 64.3 cm³/mol. The van der Waals surface area contributed by atoms with Crippen LogP contribution in [-0.4, -0.2) is 32.5 Å². The number of aromatic nitrogens is 4. The zero-order valence-corrected chi connectivity index (χ0v) is 9.56. The molecule has 1 aliphatic carbocycles. The zero-order chi connectivity index (χ0) is 11.5. The molecule has 0 bridgehead atoms. The van der Waals surface area contributed by atoms with Gasteiger partial charge in [-0.05, 0) is 12.8 Å². The number of rotatable bonds is 5. The molecule has 0 saturated heterocycles. The van der Waals surface area contributed by atoms with Gasteiger partial charge in [0.05, 0.1) is 18.1 Å². The molecule has 0 spiro atoms.